The fourth-order valence-corrected chi connectivity index (χ4v) is 5.26. The van der Waals surface area contributed by atoms with E-state index in [1.807, 2.05) is 0 Å². The van der Waals surface area contributed by atoms with Gasteiger partial charge in [-0.2, -0.15) is 0 Å². The van der Waals surface area contributed by atoms with Crippen LogP contribution in [0.15, 0.2) is 0 Å². The Morgan fingerprint density at radius 3 is 2.59 bits per heavy atom. The lowest BCUT2D eigenvalue weighted by molar-refractivity contribution is -0.411. The zero-order chi connectivity index (χ0) is 15.2. The quantitative estimate of drug-likeness (QED) is 0.534. The van der Waals surface area contributed by atoms with E-state index < -0.39 is 5.79 Å². The maximum absolute atomic E-state index is 6.52. The highest BCUT2D eigenvalue weighted by atomic mass is 16.8. The number of epoxide rings is 1. The summed E-state index contributed by atoms with van der Waals surface area (Å²) in [6.07, 6.45) is 8.92. The summed E-state index contributed by atoms with van der Waals surface area (Å²) >= 11 is 0. The number of hydrogen-bond acceptors (Lipinski definition) is 4. The maximum atomic E-state index is 6.52. The second-order valence-electron chi connectivity index (χ2n) is 7.41. The molecule has 0 aromatic heterocycles. The van der Waals surface area contributed by atoms with Crippen LogP contribution >= 0.6 is 0 Å². The standard InChI is InChI=1S/C18H30O4/c1-3-5-7-13-15-16-14(22-16)8-9-17(15,19-10-6-4-2)18(13)20-11-12-21-18/h13-16H,3-12H2,1-2H3. The predicted molar refractivity (Wildman–Crippen MR) is 82.6 cm³/mol. The molecule has 5 atom stereocenters. The van der Waals surface area contributed by atoms with Gasteiger partial charge < -0.3 is 18.9 Å². The molecule has 0 amide bonds. The topological polar surface area (TPSA) is 40.2 Å². The summed E-state index contributed by atoms with van der Waals surface area (Å²) in [5, 5.41) is 0. The van der Waals surface area contributed by atoms with Gasteiger partial charge in [0.05, 0.1) is 25.4 Å². The number of fused-ring (bicyclic) bond motifs is 4. The lowest BCUT2D eigenvalue weighted by Crippen LogP contribution is -2.79. The van der Waals surface area contributed by atoms with Crippen molar-refractivity contribution in [2.75, 3.05) is 19.8 Å². The molecular weight excluding hydrogens is 280 g/mol. The largest absolute Gasteiger partial charge is 0.369 e. The molecule has 4 nitrogen and oxygen atoms in total. The molecule has 126 valence electrons. The van der Waals surface area contributed by atoms with Gasteiger partial charge >= 0.3 is 0 Å². The smallest absolute Gasteiger partial charge is 0.201 e. The Morgan fingerprint density at radius 2 is 1.86 bits per heavy atom. The molecule has 4 heteroatoms. The number of rotatable bonds is 7. The van der Waals surface area contributed by atoms with Crippen molar-refractivity contribution in [3.05, 3.63) is 0 Å². The molecule has 2 aliphatic heterocycles. The summed E-state index contributed by atoms with van der Waals surface area (Å²) in [5.41, 5.74) is -0.241. The van der Waals surface area contributed by atoms with Gasteiger partial charge in [0.15, 0.2) is 0 Å². The number of unbranched alkanes of at least 4 members (excludes halogenated alkanes) is 2. The maximum Gasteiger partial charge on any atom is 0.201 e. The Labute approximate surface area is 133 Å². The molecule has 1 spiro atoms. The second kappa shape index (κ2) is 5.73. The summed E-state index contributed by atoms with van der Waals surface area (Å²) in [5.74, 6) is 0.456. The molecule has 4 aliphatic rings. The van der Waals surface area contributed by atoms with Crippen molar-refractivity contribution in [3.8, 4) is 0 Å². The zero-order valence-corrected chi connectivity index (χ0v) is 14.0. The molecule has 5 unspecified atom stereocenters. The van der Waals surface area contributed by atoms with Crippen molar-refractivity contribution in [2.45, 2.75) is 82.4 Å². The minimum absolute atomic E-state index is 0.241. The van der Waals surface area contributed by atoms with E-state index in [0.717, 1.165) is 32.3 Å². The second-order valence-corrected chi connectivity index (χ2v) is 7.41. The predicted octanol–water partition coefficient (Wildman–Crippen LogP) is 3.28. The molecule has 2 aliphatic carbocycles. The van der Waals surface area contributed by atoms with Gasteiger partial charge in [-0.05, 0) is 25.7 Å². The van der Waals surface area contributed by atoms with Gasteiger partial charge in [-0.25, -0.2) is 0 Å². The molecule has 4 rings (SSSR count). The fourth-order valence-electron chi connectivity index (χ4n) is 5.26. The van der Waals surface area contributed by atoms with Crippen LogP contribution in [0, 0.1) is 11.8 Å². The molecule has 2 saturated carbocycles. The minimum Gasteiger partial charge on any atom is -0.369 e. The first-order chi connectivity index (χ1) is 10.8. The third kappa shape index (κ3) is 1.97. The highest BCUT2D eigenvalue weighted by Gasteiger charge is 2.81. The van der Waals surface area contributed by atoms with Crippen LogP contribution in [0.1, 0.15) is 58.8 Å². The van der Waals surface area contributed by atoms with Crippen LogP contribution in [-0.2, 0) is 18.9 Å². The van der Waals surface area contributed by atoms with Crippen molar-refractivity contribution in [2.24, 2.45) is 11.8 Å². The van der Waals surface area contributed by atoms with Gasteiger partial charge in [0, 0.05) is 18.4 Å². The molecule has 0 aromatic carbocycles. The van der Waals surface area contributed by atoms with Crippen LogP contribution in [0.5, 0.6) is 0 Å². The molecule has 0 radical (unpaired) electrons. The molecule has 4 fully saturated rings. The van der Waals surface area contributed by atoms with Gasteiger partial charge in [0.2, 0.25) is 5.79 Å². The first kappa shape index (κ1) is 15.4. The Hall–Kier alpha value is -0.160. The molecule has 0 aromatic rings. The van der Waals surface area contributed by atoms with Crippen LogP contribution in [-0.4, -0.2) is 43.4 Å². The number of ether oxygens (including phenoxy) is 4. The molecule has 2 saturated heterocycles. The first-order valence-electron chi connectivity index (χ1n) is 9.36. The highest BCUT2D eigenvalue weighted by molar-refractivity contribution is 5.25. The van der Waals surface area contributed by atoms with E-state index in [9.17, 15) is 0 Å². The summed E-state index contributed by atoms with van der Waals surface area (Å²) in [4.78, 5) is 0. The molecular formula is C18H30O4. The fraction of sp³-hybridized carbons (Fsp3) is 1.00. The van der Waals surface area contributed by atoms with Crippen molar-refractivity contribution in [3.63, 3.8) is 0 Å². The average molecular weight is 310 g/mol. The van der Waals surface area contributed by atoms with Crippen LogP contribution in [0.3, 0.4) is 0 Å². The van der Waals surface area contributed by atoms with Gasteiger partial charge in [0.1, 0.15) is 5.60 Å². The van der Waals surface area contributed by atoms with E-state index in [1.165, 1.54) is 19.3 Å². The molecule has 0 bridgehead atoms. The molecule has 2 heterocycles. The number of hydrogen-bond donors (Lipinski definition) is 0. The van der Waals surface area contributed by atoms with Crippen molar-refractivity contribution < 1.29 is 18.9 Å². The average Bonchev–Trinajstić information content (AvgIpc) is 3.10. The van der Waals surface area contributed by atoms with Crippen molar-refractivity contribution >= 4 is 0 Å². The lowest BCUT2D eigenvalue weighted by Gasteiger charge is -2.66. The summed E-state index contributed by atoms with van der Waals surface area (Å²) in [7, 11) is 0. The zero-order valence-electron chi connectivity index (χ0n) is 14.0. The van der Waals surface area contributed by atoms with Crippen LogP contribution < -0.4 is 0 Å². The first-order valence-corrected chi connectivity index (χ1v) is 9.36. The Kier molecular flexibility index (Phi) is 4.00. The van der Waals surface area contributed by atoms with Crippen molar-refractivity contribution in [1.29, 1.82) is 0 Å². The highest BCUT2D eigenvalue weighted by Crippen LogP contribution is 2.69. The molecule has 22 heavy (non-hydrogen) atoms. The van der Waals surface area contributed by atoms with Crippen LogP contribution in [0.4, 0.5) is 0 Å². The normalized spacial score (nSPS) is 44.5. The lowest BCUT2D eigenvalue weighted by atomic mass is 9.49. The van der Waals surface area contributed by atoms with E-state index in [-0.39, 0.29) is 5.60 Å². The van der Waals surface area contributed by atoms with E-state index in [4.69, 9.17) is 18.9 Å². The van der Waals surface area contributed by atoms with Crippen LogP contribution in [0.2, 0.25) is 0 Å². The van der Waals surface area contributed by atoms with Gasteiger partial charge in [-0.1, -0.05) is 33.1 Å². The van der Waals surface area contributed by atoms with Gasteiger partial charge in [-0.15, -0.1) is 0 Å². The molecule has 0 N–H and O–H groups in total. The van der Waals surface area contributed by atoms with Gasteiger partial charge in [0.25, 0.3) is 0 Å². The SMILES string of the molecule is CCCCOC12CCC3OC3C1C(CCCC)C21OCCO1. The van der Waals surface area contributed by atoms with Crippen molar-refractivity contribution in [1.82, 2.24) is 0 Å². The Morgan fingerprint density at radius 1 is 1.09 bits per heavy atom. The van der Waals surface area contributed by atoms with Gasteiger partial charge in [-0.3, -0.25) is 0 Å². The summed E-state index contributed by atoms with van der Waals surface area (Å²) in [6.45, 7) is 6.71. The summed E-state index contributed by atoms with van der Waals surface area (Å²) in [6, 6.07) is 0. The monoisotopic (exact) mass is 310 g/mol. The van der Waals surface area contributed by atoms with E-state index in [0.29, 0.717) is 37.3 Å². The Balaban J connectivity index is 1.59. The third-order valence-corrected chi connectivity index (χ3v) is 6.27. The van der Waals surface area contributed by atoms with E-state index >= 15 is 0 Å². The third-order valence-electron chi connectivity index (χ3n) is 6.27. The Bertz CT molecular complexity index is 406. The summed E-state index contributed by atoms with van der Waals surface area (Å²) < 4.78 is 25.0. The van der Waals surface area contributed by atoms with E-state index in [1.54, 1.807) is 0 Å². The van der Waals surface area contributed by atoms with Crippen LogP contribution in [0.25, 0.3) is 0 Å². The van der Waals surface area contributed by atoms with E-state index in [2.05, 4.69) is 13.8 Å². The minimum atomic E-state index is -0.475.